The van der Waals surface area contributed by atoms with Crippen LogP contribution in [0.5, 0.6) is 5.75 Å². The average Bonchev–Trinajstić information content (AvgIpc) is 3.50. The number of fused-ring (bicyclic) bond motifs is 5. The minimum Gasteiger partial charge on any atom is -0.490 e. The Morgan fingerprint density at radius 2 is 1.97 bits per heavy atom. The largest absolute Gasteiger partial charge is 0.490 e. The van der Waals surface area contributed by atoms with Gasteiger partial charge < -0.3 is 24.8 Å². The van der Waals surface area contributed by atoms with Crippen molar-refractivity contribution in [3.63, 3.8) is 0 Å². The van der Waals surface area contributed by atoms with Gasteiger partial charge in [0.25, 0.3) is 0 Å². The van der Waals surface area contributed by atoms with Crippen LogP contribution in [0.25, 0.3) is 0 Å². The van der Waals surface area contributed by atoms with Crippen molar-refractivity contribution in [1.29, 1.82) is 0 Å². The summed E-state index contributed by atoms with van der Waals surface area (Å²) in [4.78, 5) is 27.8. The van der Waals surface area contributed by atoms with Gasteiger partial charge in [-0.2, -0.15) is 0 Å². The third-order valence-electron chi connectivity index (χ3n) is 8.06. The molecular formula is C25H32N2O5. The second-order valence-electron chi connectivity index (χ2n) is 9.78. The van der Waals surface area contributed by atoms with Gasteiger partial charge in [-0.15, -0.1) is 0 Å². The zero-order valence-electron chi connectivity index (χ0n) is 19.1. The lowest BCUT2D eigenvalue weighted by molar-refractivity contribution is -0.141. The van der Waals surface area contributed by atoms with E-state index in [4.69, 9.17) is 9.47 Å². The first-order valence-corrected chi connectivity index (χ1v) is 11.6. The van der Waals surface area contributed by atoms with Crippen molar-refractivity contribution in [3.05, 3.63) is 40.5 Å². The number of hydrogen-bond acceptors (Lipinski definition) is 5. The number of carbonyl (C=O) groups excluding carboxylic acids is 2. The molecule has 0 radical (unpaired) electrons. The number of aliphatic hydroxyl groups is 1. The maximum absolute atomic E-state index is 13.4. The number of amides is 2. The van der Waals surface area contributed by atoms with E-state index in [1.165, 1.54) is 5.56 Å². The van der Waals surface area contributed by atoms with E-state index in [0.29, 0.717) is 31.7 Å². The molecule has 1 aromatic carbocycles. The van der Waals surface area contributed by atoms with Crippen LogP contribution < -0.4 is 10.1 Å². The molecule has 32 heavy (non-hydrogen) atoms. The Labute approximate surface area is 188 Å². The van der Waals surface area contributed by atoms with Crippen LogP contribution in [-0.4, -0.2) is 59.8 Å². The molecule has 7 nitrogen and oxygen atoms in total. The zero-order valence-corrected chi connectivity index (χ0v) is 19.1. The number of rotatable bonds is 3. The maximum Gasteiger partial charge on any atom is 0.249 e. The Hall–Kier alpha value is -2.38. The number of nitrogens with zero attached hydrogens (tertiary/aromatic N) is 1. The van der Waals surface area contributed by atoms with Gasteiger partial charge in [-0.05, 0) is 45.2 Å². The lowest BCUT2D eigenvalue weighted by Crippen LogP contribution is -2.47. The first-order valence-electron chi connectivity index (χ1n) is 11.6. The molecule has 2 bridgehead atoms. The summed E-state index contributed by atoms with van der Waals surface area (Å²) in [6, 6.07) is 3.91. The van der Waals surface area contributed by atoms with E-state index in [0.717, 1.165) is 16.9 Å². The number of aryl methyl sites for hydroxylation is 1. The SMILES string of the molecule is C/C=C(\C)C(=O)N1C[C@H]2[C@H](O)[C@@H]3C[C@H](C(=O)NC4COc5c4ccc(C)c5C)[C@@H](O3)[C@H]2C1. The van der Waals surface area contributed by atoms with Gasteiger partial charge in [0.15, 0.2) is 0 Å². The van der Waals surface area contributed by atoms with E-state index in [-0.39, 0.29) is 47.8 Å². The van der Waals surface area contributed by atoms with Crippen molar-refractivity contribution in [3.8, 4) is 5.75 Å². The summed E-state index contributed by atoms with van der Waals surface area (Å²) >= 11 is 0. The van der Waals surface area contributed by atoms with Crippen LogP contribution in [0.3, 0.4) is 0 Å². The molecule has 0 saturated carbocycles. The number of likely N-dealkylation sites (tertiary alicyclic amines) is 1. The standard InChI is InChI=1S/C25H32N2O5/c1-5-12(2)25(30)27-9-17-18(10-27)23-16(8-20(32-23)21(17)28)24(29)26-19-11-31-22-14(4)13(3)6-7-15(19)22/h5-7,16-21,23,28H,8-11H2,1-4H3,(H,26,29)/b12-5+/t16-,17+,18-,19?,20-,21-,23+/m0/s1. The molecule has 1 unspecified atom stereocenters. The summed E-state index contributed by atoms with van der Waals surface area (Å²) in [5.41, 5.74) is 3.99. The molecule has 3 saturated heterocycles. The molecule has 7 atom stereocenters. The second kappa shape index (κ2) is 7.89. The fraction of sp³-hybridized carbons (Fsp3) is 0.600. The molecule has 1 aromatic rings. The zero-order chi connectivity index (χ0) is 22.7. The number of ether oxygens (including phenoxy) is 2. The molecule has 5 rings (SSSR count). The van der Waals surface area contributed by atoms with Gasteiger partial charge in [-0.25, -0.2) is 0 Å². The molecule has 4 aliphatic rings. The first kappa shape index (κ1) is 21.5. The molecular weight excluding hydrogens is 408 g/mol. The van der Waals surface area contributed by atoms with Crippen LogP contribution in [0.2, 0.25) is 0 Å². The van der Waals surface area contributed by atoms with Crippen molar-refractivity contribution in [2.45, 2.75) is 58.5 Å². The minimum absolute atomic E-state index is 0.00338. The molecule has 0 aromatic heterocycles. The van der Waals surface area contributed by atoms with Gasteiger partial charge in [0.05, 0.1) is 30.3 Å². The lowest BCUT2D eigenvalue weighted by Gasteiger charge is -2.36. The highest BCUT2D eigenvalue weighted by atomic mass is 16.5. The quantitative estimate of drug-likeness (QED) is 0.703. The third kappa shape index (κ3) is 3.25. The topological polar surface area (TPSA) is 88.1 Å². The van der Waals surface area contributed by atoms with Crippen molar-refractivity contribution >= 4 is 11.8 Å². The summed E-state index contributed by atoms with van der Waals surface area (Å²) in [6.45, 7) is 9.21. The fourth-order valence-electron chi connectivity index (χ4n) is 5.92. The number of aliphatic hydroxyl groups excluding tert-OH is 1. The van der Waals surface area contributed by atoms with Gasteiger partial charge in [-0.3, -0.25) is 9.59 Å². The van der Waals surface area contributed by atoms with Crippen molar-refractivity contribution in [2.24, 2.45) is 17.8 Å². The van der Waals surface area contributed by atoms with Crippen molar-refractivity contribution < 1.29 is 24.2 Å². The number of nitrogens with one attached hydrogen (secondary N) is 1. The second-order valence-corrected chi connectivity index (χ2v) is 9.78. The van der Waals surface area contributed by atoms with E-state index in [1.54, 1.807) is 4.90 Å². The summed E-state index contributed by atoms with van der Waals surface area (Å²) in [7, 11) is 0. The van der Waals surface area contributed by atoms with Gasteiger partial charge in [-0.1, -0.05) is 18.2 Å². The Kier molecular flexibility index (Phi) is 5.29. The molecule has 172 valence electrons. The van der Waals surface area contributed by atoms with E-state index >= 15 is 0 Å². The third-order valence-corrected chi connectivity index (χ3v) is 8.06. The average molecular weight is 441 g/mol. The first-order chi connectivity index (χ1) is 15.3. The number of carbonyl (C=O) groups is 2. The van der Waals surface area contributed by atoms with E-state index in [1.807, 2.05) is 32.9 Å². The molecule has 3 fully saturated rings. The Bertz CT molecular complexity index is 989. The molecule has 4 aliphatic heterocycles. The van der Waals surface area contributed by atoms with Crippen LogP contribution in [0.15, 0.2) is 23.8 Å². The van der Waals surface area contributed by atoms with Gasteiger partial charge in [0, 0.05) is 36.1 Å². The molecule has 4 heterocycles. The predicted molar refractivity (Wildman–Crippen MR) is 118 cm³/mol. The molecule has 0 aliphatic carbocycles. The monoisotopic (exact) mass is 440 g/mol. The van der Waals surface area contributed by atoms with Gasteiger partial charge >= 0.3 is 0 Å². The predicted octanol–water partition coefficient (Wildman–Crippen LogP) is 2.04. The highest BCUT2D eigenvalue weighted by Gasteiger charge is 2.58. The fourth-order valence-corrected chi connectivity index (χ4v) is 5.92. The Morgan fingerprint density at radius 1 is 1.22 bits per heavy atom. The number of hydrogen-bond donors (Lipinski definition) is 2. The molecule has 0 spiro atoms. The van der Waals surface area contributed by atoms with Crippen LogP contribution in [0.4, 0.5) is 0 Å². The van der Waals surface area contributed by atoms with Crippen LogP contribution in [0.1, 0.15) is 43.0 Å². The van der Waals surface area contributed by atoms with E-state index in [2.05, 4.69) is 18.3 Å². The van der Waals surface area contributed by atoms with Crippen molar-refractivity contribution in [1.82, 2.24) is 10.2 Å². The Morgan fingerprint density at radius 3 is 2.72 bits per heavy atom. The molecule has 7 heteroatoms. The molecule has 2 amide bonds. The number of allylic oxidation sites excluding steroid dienone is 1. The minimum atomic E-state index is -0.654. The van der Waals surface area contributed by atoms with Gasteiger partial charge in [0.2, 0.25) is 11.8 Å². The summed E-state index contributed by atoms with van der Waals surface area (Å²) in [5.74, 6) is 0.391. The van der Waals surface area contributed by atoms with Crippen LogP contribution in [0, 0.1) is 31.6 Å². The summed E-state index contributed by atoms with van der Waals surface area (Å²) in [6.07, 6.45) is 1.04. The highest BCUT2D eigenvalue weighted by molar-refractivity contribution is 5.93. The Balaban J connectivity index is 1.32. The highest BCUT2D eigenvalue weighted by Crippen LogP contribution is 2.47. The van der Waals surface area contributed by atoms with E-state index < -0.39 is 6.10 Å². The van der Waals surface area contributed by atoms with Crippen molar-refractivity contribution in [2.75, 3.05) is 19.7 Å². The summed E-state index contributed by atoms with van der Waals surface area (Å²) < 4.78 is 12.0. The lowest BCUT2D eigenvalue weighted by atomic mass is 9.83. The van der Waals surface area contributed by atoms with E-state index in [9.17, 15) is 14.7 Å². The molecule has 2 N–H and O–H groups in total. The van der Waals surface area contributed by atoms with Crippen LogP contribution in [-0.2, 0) is 14.3 Å². The van der Waals surface area contributed by atoms with Crippen LogP contribution >= 0.6 is 0 Å². The van der Waals surface area contributed by atoms with Gasteiger partial charge in [0.1, 0.15) is 12.4 Å². The smallest absolute Gasteiger partial charge is 0.249 e. The number of benzene rings is 1. The maximum atomic E-state index is 13.4. The normalized spacial score (nSPS) is 35.3. The summed E-state index contributed by atoms with van der Waals surface area (Å²) in [5, 5.41) is 14.1.